The topological polar surface area (TPSA) is 38.7 Å². The van der Waals surface area contributed by atoms with E-state index in [0.717, 1.165) is 16.9 Å². The fourth-order valence-electron chi connectivity index (χ4n) is 1.65. The lowest BCUT2D eigenvalue weighted by Crippen LogP contribution is -1.85. The molecule has 0 saturated carbocycles. The zero-order valence-electron chi connectivity index (χ0n) is 9.81. The molecule has 2 rings (SSSR count). The number of hydrogen-bond acceptors (Lipinski definition) is 3. The molecular formula is C14H14O3. The monoisotopic (exact) mass is 230 g/mol. The van der Waals surface area contributed by atoms with Gasteiger partial charge in [-0.3, -0.25) is 0 Å². The van der Waals surface area contributed by atoms with Crippen molar-refractivity contribution in [1.82, 2.24) is 0 Å². The maximum atomic E-state index is 9.58. The van der Waals surface area contributed by atoms with Crippen LogP contribution in [-0.4, -0.2) is 19.3 Å². The second kappa shape index (κ2) is 4.78. The maximum Gasteiger partial charge on any atom is 0.123 e. The molecule has 0 amide bonds. The van der Waals surface area contributed by atoms with Gasteiger partial charge in [0.05, 0.1) is 14.2 Å². The van der Waals surface area contributed by atoms with E-state index in [1.165, 1.54) is 0 Å². The van der Waals surface area contributed by atoms with Gasteiger partial charge in [-0.25, -0.2) is 0 Å². The molecule has 17 heavy (non-hydrogen) atoms. The summed E-state index contributed by atoms with van der Waals surface area (Å²) in [5, 5.41) is 9.58. The van der Waals surface area contributed by atoms with E-state index in [2.05, 4.69) is 0 Å². The van der Waals surface area contributed by atoms with Crippen LogP contribution in [0.3, 0.4) is 0 Å². The number of phenols is 1. The average molecular weight is 230 g/mol. The first-order valence-corrected chi connectivity index (χ1v) is 5.25. The van der Waals surface area contributed by atoms with E-state index < -0.39 is 0 Å². The Morgan fingerprint density at radius 2 is 1.41 bits per heavy atom. The van der Waals surface area contributed by atoms with Crippen molar-refractivity contribution in [2.24, 2.45) is 0 Å². The molecule has 0 aliphatic carbocycles. The number of ether oxygens (including phenoxy) is 2. The third kappa shape index (κ3) is 2.50. The van der Waals surface area contributed by atoms with Crippen LogP contribution in [0.15, 0.2) is 42.5 Å². The summed E-state index contributed by atoms with van der Waals surface area (Å²) in [7, 11) is 3.21. The summed E-state index contributed by atoms with van der Waals surface area (Å²) in [5.41, 5.74) is 1.91. The Morgan fingerprint density at radius 1 is 0.765 bits per heavy atom. The van der Waals surface area contributed by atoms with Gasteiger partial charge in [0.1, 0.15) is 17.2 Å². The number of phenolic OH excluding ortho intramolecular Hbond substituents is 1. The van der Waals surface area contributed by atoms with Gasteiger partial charge in [-0.15, -0.1) is 0 Å². The second-order valence-electron chi connectivity index (χ2n) is 3.65. The molecule has 0 radical (unpaired) electrons. The molecule has 0 heterocycles. The third-order valence-corrected chi connectivity index (χ3v) is 2.55. The molecule has 0 fully saturated rings. The molecule has 0 spiro atoms. The van der Waals surface area contributed by atoms with Gasteiger partial charge in [0, 0.05) is 6.07 Å². The fraction of sp³-hybridized carbons (Fsp3) is 0.143. The summed E-state index contributed by atoms with van der Waals surface area (Å²) in [6.45, 7) is 0. The number of rotatable bonds is 3. The zero-order chi connectivity index (χ0) is 12.3. The minimum Gasteiger partial charge on any atom is -0.508 e. The molecule has 2 aromatic rings. The molecule has 0 atom stereocenters. The highest BCUT2D eigenvalue weighted by atomic mass is 16.5. The molecule has 0 unspecified atom stereocenters. The van der Waals surface area contributed by atoms with Crippen molar-refractivity contribution in [1.29, 1.82) is 0 Å². The van der Waals surface area contributed by atoms with E-state index in [9.17, 15) is 5.11 Å². The van der Waals surface area contributed by atoms with E-state index in [1.54, 1.807) is 26.4 Å². The Bertz CT molecular complexity index is 503. The Labute approximate surface area is 100 Å². The summed E-state index contributed by atoms with van der Waals surface area (Å²) in [4.78, 5) is 0. The van der Waals surface area contributed by atoms with Crippen molar-refractivity contribution in [2.45, 2.75) is 0 Å². The van der Waals surface area contributed by atoms with Gasteiger partial charge >= 0.3 is 0 Å². The second-order valence-corrected chi connectivity index (χ2v) is 3.65. The van der Waals surface area contributed by atoms with Gasteiger partial charge in [0.2, 0.25) is 0 Å². The predicted octanol–water partition coefficient (Wildman–Crippen LogP) is 3.08. The van der Waals surface area contributed by atoms with E-state index in [1.807, 2.05) is 30.3 Å². The number of methoxy groups -OCH3 is 2. The van der Waals surface area contributed by atoms with Crippen LogP contribution in [-0.2, 0) is 0 Å². The van der Waals surface area contributed by atoms with Crippen LogP contribution in [0, 0.1) is 0 Å². The van der Waals surface area contributed by atoms with Crippen molar-refractivity contribution in [3.05, 3.63) is 42.5 Å². The van der Waals surface area contributed by atoms with Crippen molar-refractivity contribution in [3.63, 3.8) is 0 Å². The number of benzene rings is 2. The first-order chi connectivity index (χ1) is 8.22. The fourth-order valence-corrected chi connectivity index (χ4v) is 1.65. The van der Waals surface area contributed by atoms with E-state index in [0.29, 0.717) is 5.75 Å². The van der Waals surface area contributed by atoms with Gasteiger partial charge < -0.3 is 14.6 Å². The Kier molecular flexibility index (Phi) is 3.19. The molecule has 88 valence electrons. The van der Waals surface area contributed by atoms with Crippen LogP contribution in [0.5, 0.6) is 17.2 Å². The standard InChI is InChI=1S/C14H14O3/c1-16-13-5-3-10(4-6-13)11-7-12(15)9-14(8-11)17-2/h3-9,15H,1-2H3. The minimum atomic E-state index is 0.190. The summed E-state index contributed by atoms with van der Waals surface area (Å²) >= 11 is 0. The van der Waals surface area contributed by atoms with Crippen LogP contribution in [0.2, 0.25) is 0 Å². The van der Waals surface area contributed by atoms with Crippen molar-refractivity contribution in [2.75, 3.05) is 14.2 Å². The van der Waals surface area contributed by atoms with Crippen LogP contribution in [0.25, 0.3) is 11.1 Å². The first-order valence-electron chi connectivity index (χ1n) is 5.25. The van der Waals surface area contributed by atoms with Gasteiger partial charge in [-0.05, 0) is 35.4 Å². The number of hydrogen-bond donors (Lipinski definition) is 1. The molecule has 1 N–H and O–H groups in total. The Morgan fingerprint density at radius 3 is 2.00 bits per heavy atom. The highest BCUT2D eigenvalue weighted by Gasteiger charge is 2.03. The van der Waals surface area contributed by atoms with E-state index >= 15 is 0 Å². The smallest absolute Gasteiger partial charge is 0.123 e. The average Bonchev–Trinajstić information content (AvgIpc) is 2.38. The lowest BCUT2D eigenvalue weighted by molar-refractivity contribution is 0.408. The van der Waals surface area contributed by atoms with Crippen LogP contribution in [0.4, 0.5) is 0 Å². The Balaban J connectivity index is 2.41. The Hall–Kier alpha value is -2.16. The third-order valence-electron chi connectivity index (χ3n) is 2.55. The molecule has 0 aromatic heterocycles. The van der Waals surface area contributed by atoms with Crippen LogP contribution in [0.1, 0.15) is 0 Å². The highest BCUT2D eigenvalue weighted by Crippen LogP contribution is 2.29. The quantitative estimate of drug-likeness (QED) is 0.880. The lowest BCUT2D eigenvalue weighted by atomic mass is 10.0. The molecule has 3 nitrogen and oxygen atoms in total. The lowest BCUT2D eigenvalue weighted by Gasteiger charge is -2.07. The summed E-state index contributed by atoms with van der Waals surface area (Å²) in [6.07, 6.45) is 0. The molecule has 0 aliphatic rings. The molecule has 2 aromatic carbocycles. The highest BCUT2D eigenvalue weighted by molar-refractivity contribution is 5.67. The largest absolute Gasteiger partial charge is 0.508 e. The summed E-state index contributed by atoms with van der Waals surface area (Å²) in [6, 6.07) is 12.8. The molecular weight excluding hydrogens is 216 g/mol. The van der Waals surface area contributed by atoms with Gasteiger partial charge in [0.25, 0.3) is 0 Å². The molecule has 0 saturated heterocycles. The SMILES string of the molecule is COc1ccc(-c2cc(O)cc(OC)c2)cc1. The zero-order valence-corrected chi connectivity index (χ0v) is 9.81. The molecule has 0 aliphatic heterocycles. The first kappa shape index (κ1) is 11.3. The maximum absolute atomic E-state index is 9.58. The van der Waals surface area contributed by atoms with Gasteiger partial charge in [0.15, 0.2) is 0 Å². The summed E-state index contributed by atoms with van der Waals surface area (Å²) in [5.74, 6) is 1.63. The number of aromatic hydroxyl groups is 1. The summed E-state index contributed by atoms with van der Waals surface area (Å²) < 4.78 is 10.2. The normalized spacial score (nSPS) is 10.0. The van der Waals surface area contributed by atoms with Crippen molar-refractivity contribution >= 4 is 0 Å². The van der Waals surface area contributed by atoms with Gasteiger partial charge in [-0.1, -0.05) is 12.1 Å². The molecule has 3 heteroatoms. The minimum absolute atomic E-state index is 0.190. The van der Waals surface area contributed by atoms with Crippen LogP contribution < -0.4 is 9.47 Å². The van der Waals surface area contributed by atoms with Crippen LogP contribution >= 0.6 is 0 Å². The van der Waals surface area contributed by atoms with Crippen molar-refractivity contribution < 1.29 is 14.6 Å². The van der Waals surface area contributed by atoms with Crippen molar-refractivity contribution in [3.8, 4) is 28.4 Å². The predicted molar refractivity (Wildman–Crippen MR) is 66.6 cm³/mol. The van der Waals surface area contributed by atoms with E-state index in [-0.39, 0.29) is 5.75 Å². The van der Waals surface area contributed by atoms with Gasteiger partial charge in [-0.2, -0.15) is 0 Å². The van der Waals surface area contributed by atoms with E-state index in [4.69, 9.17) is 9.47 Å². The molecule has 0 bridgehead atoms.